The van der Waals surface area contributed by atoms with Crippen LogP contribution in [0.2, 0.25) is 0 Å². The maximum Gasteiger partial charge on any atom is 0.200 e. The maximum absolute atomic E-state index is 14.5. The molecule has 0 unspecified atom stereocenters. The average Bonchev–Trinajstić information content (AvgIpc) is 2.67. The quantitative estimate of drug-likeness (QED) is 0.517. The lowest BCUT2D eigenvalue weighted by Crippen LogP contribution is -2.25. The minimum absolute atomic E-state index is 0.0336. The number of rotatable bonds is 6. The Bertz CT molecular complexity index is 570. The lowest BCUT2D eigenvalue weighted by atomic mass is 9.68. The molecule has 0 saturated heterocycles. The van der Waals surface area contributed by atoms with Crippen molar-refractivity contribution in [1.29, 1.82) is 0 Å². The van der Waals surface area contributed by atoms with E-state index in [0.29, 0.717) is 12.2 Å². The summed E-state index contributed by atoms with van der Waals surface area (Å²) in [4.78, 5) is 0. The molecule has 1 aromatic rings. The number of hydrogen-bond acceptors (Lipinski definition) is 1. The van der Waals surface area contributed by atoms with Crippen molar-refractivity contribution in [3.8, 4) is 5.75 Å². The van der Waals surface area contributed by atoms with E-state index < -0.39 is 11.6 Å². The third kappa shape index (κ3) is 4.40. The van der Waals surface area contributed by atoms with Crippen molar-refractivity contribution >= 4 is 0 Å². The average molecular weight is 365 g/mol. The highest BCUT2D eigenvalue weighted by molar-refractivity contribution is 5.33. The number of hydrogen-bond donors (Lipinski definition) is 0. The second-order valence-corrected chi connectivity index (χ2v) is 8.40. The Morgan fingerprint density at radius 3 is 2.04 bits per heavy atom. The third-order valence-corrected chi connectivity index (χ3v) is 6.84. The molecule has 0 aliphatic heterocycles. The van der Waals surface area contributed by atoms with E-state index in [9.17, 15) is 8.78 Å². The zero-order chi connectivity index (χ0) is 18.5. The fourth-order valence-electron chi connectivity index (χ4n) is 5.39. The van der Waals surface area contributed by atoms with Gasteiger partial charge in [0.2, 0.25) is 5.82 Å². The summed E-state index contributed by atoms with van der Waals surface area (Å²) in [5.74, 6) is 1.29. The lowest BCUT2D eigenvalue weighted by Gasteiger charge is -2.38. The monoisotopic (exact) mass is 364 g/mol. The first-order valence-electron chi connectivity index (χ1n) is 10.7. The standard InChI is InChI=1S/C23H34F2O/c1-3-5-16-6-8-17(9-7-16)18-10-12-19(13-11-18)20-14-15-21(26-4-2)23(25)22(20)24/h14-19H,3-13H2,1-2H3/t16?,17?,18-,19-. The van der Waals surface area contributed by atoms with Crippen LogP contribution in [0, 0.1) is 29.4 Å². The summed E-state index contributed by atoms with van der Waals surface area (Å²) >= 11 is 0. The van der Waals surface area contributed by atoms with Gasteiger partial charge in [0.15, 0.2) is 11.6 Å². The van der Waals surface area contributed by atoms with E-state index in [1.54, 1.807) is 19.1 Å². The zero-order valence-corrected chi connectivity index (χ0v) is 16.4. The van der Waals surface area contributed by atoms with Gasteiger partial charge in [0, 0.05) is 0 Å². The van der Waals surface area contributed by atoms with Crippen molar-refractivity contribution in [2.45, 2.75) is 84.0 Å². The molecule has 2 aliphatic carbocycles. The molecule has 0 atom stereocenters. The highest BCUT2D eigenvalue weighted by Gasteiger charge is 2.32. The fourth-order valence-corrected chi connectivity index (χ4v) is 5.39. The summed E-state index contributed by atoms with van der Waals surface area (Å²) in [5.41, 5.74) is 0.552. The molecule has 0 bridgehead atoms. The summed E-state index contributed by atoms with van der Waals surface area (Å²) in [6.07, 6.45) is 12.6. The lowest BCUT2D eigenvalue weighted by molar-refractivity contribution is 0.155. The molecule has 1 aromatic carbocycles. The largest absolute Gasteiger partial charge is 0.491 e. The van der Waals surface area contributed by atoms with Gasteiger partial charge in [-0.2, -0.15) is 4.39 Å². The summed E-state index contributed by atoms with van der Waals surface area (Å²) in [5, 5.41) is 0. The molecule has 0 spiro atoms. The Hall–Kier alpha value is -1.12. The van der Waals surface area contributed by atoms with Gasteiger partial charge in [0.25, 0.3) is 0 Å². The zero-order valence-electron chi connectivity index (χ0n) is 16.4. The molecule has 146 valence electrons. The first kappa shape index (κ1) is 19.6. The molecular formula is C23H34F2O. The van der Waals surface area contributed by atoms with Crippen LogP contribution in [-0.2, 0) is 0 Å². The highest BCUT2D eigenvalue weighted by atomic mass is 19.2. The van der Waals surface area contributed by atoms with Gasteiger partial charge in [-0.25, -0.2) is 4.39 Å². The van der Waals surface area contributed by atoms with Crippen molar-refractivity contribution in [1.82, 2.24) is 0 Å². The highest BCUT2D eigenvalue weighted by Crippen LogP contribution is 2.45. The van der Waals surface area contributed by atoms with Crippen LogP contribution in [0.25, 0.3) is 0 Å². The number of benzene rings is 1. The molecule has 0 heterocycles. The van der Waals surface area contributed by atoms with E-state index in [1.807, 2.05) is 0 Å². The second-order valence-electron chi connectivity index (χ2n) is 8.40. The van der Waals surface area contributed by atoms with Crippen molar-refractivity contribution in [2.24, 2.45) is 17.8 Å². The van der Waals surface area contributed by atoms with Crippen molar-refractivity contribution < 1.29 is 13.5 Å². The first-order valence-corrected chi connectivity index (χ1v) is 10.7. The molecule has 0 amide bonds. The number of ether oxygens (including phenoxy) is 1. The SMILES string of the molecule is CCCC1CCC([C@H]2CC[C@H](c3ccc(OCC)c(F)c3F)CC2)CC1. The van der Waals surface area contributed by atoms with Crippen LogP contribution in [0.15, 0.2) is 12.1 Å². The van der Waals surface area contributed by atoms with E-state index in [4.69, 9.17) is 4.74 Å². The van der Waals surface area contributed by atoms with Crippen molar-refractivity contribution in [3.63, 3.8) is 0 Å². The molecule has 2 fully saturated rings. The van der Waals surface area contributed by atoms with Crippen LogP contribution in [0.1, 0.15) is 89.5 Å². The molecule has 26 heavy (non-hydrogen) atoms. The van der Waals surface area contributed by atoms with Crippen molar-refractivity contribution in [3.05, 3.63) is 29.3 Å². The van der Waals surface area contributed by atoms with Crippen LogP contribution >= 0.6 is 0 Å². The van der Waals surface area contributed by atoms with E-state index in [0.717, 1.165) is 30.6 Å². The normalized spacial score (nSPS) is 29.5. The van der Waals surface area contributed by atoms with Gasteiger partial charge in [0.05, 0.1) is 6.61 Å². The summed E-state index contributed by atoms with van der Waals surface area (Å²) in [6.45, 7) is 4.42. The van der Waals surface area contributed by atoms with Gasteiger partial charge in [-0.05, 0) is 80.8 Å². The Morgan fingerprint density at radius 2 is 1.46 bits per heavy atom. The van der Waals surface area contributed by atoms with Crippen LogP contribution in [0.3, 0.4) is 0 Å². The molecule has 2 saturated carbocycles. The minimum Gasteiger partial charge on any atom is -0.491 e. The molecule has 1 nitrogen and oxygen atoms in total. The van der Waals surface area contributed by atoms with E-state index in [1.165, 1.54) is 51.4 Å². The third-order valence-electron chi connectivity index (χ3n) is 6.84. The molecule has 0 radical (unpaired) electrons. The fraction of sp³-hybridized carbons (Fsp3) is 0.739. The van der Waals surface area contributed by atoms with Gasteiger partial charge in [-0.1, -0.05) is 38.7 Å². The van der Waals surface area contributed by atoms with Crippen LogP contribution < -0.4 is 4.74 Å². The number of halogens is 2. The smallest absolute Gasteiger partial charge is 0.200 e. The minimum atomic E-state index is -0.819. The van der Waals surface area contributed by atoms with Gasteiger partial charge >= 0.3 is 0 Å². The summed E-state index contributed by atoms with van der Waals surface area (Å²) in [7, 11) is 0. The van der Waals surface area contributed by atoms with Gasteiger partial charge in [-0.3, -0.25) is 0 Å². The van der Waals surface area contributed by atoms with E-state index in [-0.39, 0.29) is 11.7 Å². The topological polar surface area (TPSA) is 9.23 Å². The molecule has 0 aromatic heterocycles. The Morgan fingerprint density at radius 1 is 0.846 bits per heavy atom. The van der Waals surface area contributed by atoms with E-state index in [2.05, 4.69) is 6.92 Å². The van der Waals surface area contributed by atoms with Gasteiger partial charge in [0.1, 0.15) is 0 Å². The maximum atomic E-state index is 14.5. The molecule has 2 aliphatic rings. The Balaban J connectivity index is 1.55. The van der Waals surface area contributed by atoms with Crippen LogP contribution in [0.5, 0.6) is 5.75 Å². The van der Waals surface area contributed by atoms with Crippen LogP contribution in [0.4, 0.5) is 8.78 Å². The Labute approximate surface area is 157 Å². The molecule has 3 rings (SSSR count). The van der Waals surface area contributed by atoms with Crippen LogP contribution in [-0.4, -0.2) is 6.61 Å². The van der Waals surface area contributed by atoms with E-state index >= 15 is 0 Å². The summed E-state index contributed by atoms with van der Waals surface area (Å²) < 4.78 is 33.8. The predicted octanol–water partition coefficient (Wildman–Crippen LogP) is 7.24. The molecular weight excluding hydrogens is 330 g/mol. The Kier molecular flexibility index (Phi) is 6.94. The van der Waals surface area contributed by atoms with Gasteiger partial charge in [-0.15, -0.1) is 0 Å². The predicted molar refractivity (Wildman–Crippen MR) is 103 cm³/mol. The first-order chi connectivity index (χ1) is 12.6. The van der Waals surface area contributed by atoms with Crippen molar-refractivity contribution in [2.75, 3.05) is 6.61 Å². The molecule has 0 N–H and O–H groups in total. The summed E-state index contributed by atoms with van der Waals surface area (Å²) in [6, 6.07) is 3.34. The molecule has 3 heteroatoms. The second kappa shape index (κ2) is 9.19. The van der Waals surface area contributed by atoms with Gasteiger partial charge < -0.3 is 4.74 Å².